The molecule has 1 amide bonds. The van der Waals surface area contributed by atoms with Gasteiger partial charge in [-0.2, -0.15) is 0 Å². The molecule has 1 heterocycles. The van der Waals surface area contributed by atoms with Gasteiger partial charge in [0.05, 0.1) is 18.1 Å². The monoisotopic (exact) mass is 296 g/mol. The highest BCUT2D eigenvalue weighted by Gasteiger charge is 2.26. The van der Waals surface area contributed by atoms with E-state index in [9.17, 15) is 4.79 Å². The number of amides is 1. The summed E-state index contributed by atoms with van der Waals surface area (Å²) < 4.78 is 5.55. The molecule has 110 valence electrons. The Kier molecular flexibility index (Phi) is 5.26. The summed E-state index contributed by atoms with van der Waals surface area (Å²) in [6.45, 7) is 3.14. The third kappa shape index (κ3) is 3.87. The number of ether oxygens (including phenoxy) is 1. The minimum atomic E-state index is 0.122. The van der Waals surface area contributed by atoms with Crippen molar-refractivity contribution in [2.45, 2.75) is 38.3 Å². The van der Waals surface area contributed by atoms with Gasteiger partial charge in [-0.25, -0.2) is 0 Å². The molecular formula is C15H21ClN2O2. The third-order valence-electron chi connectivity index (χ3n) is 3.65. The highest BCUT2D eigenvalue weighted by molar-refractivity contribution is 6.32. The van der Waals surface area contributed by atoms with Gasteiger partial charge in [-0.1, -0.05) is 23.7 Å². The topological polar surface area (TPSA) is 55.6 Å². The first-order chi connectivity index (χ1) is 9.58. The molecule has 1 saturated heterocycles. The number of rotatable bonds is 4. The zero-order valence-corrected chi connectivity index (χ0v) is 12.5. The summed E-state index contributed by atoms with van der Waals surface area (Å²) in [5.74, 6) is 0.743. The van der Waals surface area contributed by atoms with E-state index in [0.717, 1.165) is 19.4 Å². The van der Waals surface area contributed by atoms with Gasteiger partial charge in [0.15, 0.2) is 0 Å². The van der Waals surface area contributed by atoms with E-state index >= 15 is 0 Å². The lowest BCUT2D eigenvalue weighted by atomic mass is 9.99. The SMILES string of the molecule is C[C@H]1C[C@@H](N)CCN1C(=O)CCOc1ccccc1Cl. The van der Waals surface area contributed by atoms with E-state index in [1.165, 1.54) is 0 Å². The lowest BCUT2D eigenvalue weighted by molar-refractivity contribution is -0.135. The predicted molar refractivity (Wildman–Crippen MR) is 79.9 cm³/mol. The van der Waals surface area contributed by atoms with Gasteiger partial charge in [-0.3, -0.25) is 4.79 Å². The zero-order valence-electron chi connectivity index (χ0n) is 11.7. The van der Waals surface area contributed by atoms with Crippen molar-refractivity contribution in [3.8, 4) is 5.75 Å². The van der Waals surface area contributed by atoms with E-state index in [1.807, 2.05) is 24.0 Å². The van der Waals surface area contributed by atoms with Crippen LogP contribution >= 0.6 is 11.6 Å². The molecule has 20 heavy (non-hydrogen) atoms. The minimum absolute atomic E-state index is 0.122. The summed E-state index contributed by atoms with van der Waals surface area (Å²) in [6, 6.07) is 7.71. The zero-order chi connectivity index (χ0) is 14.5. The first-order valence-electron chi connectivity index (χ1n) is 7.00. The van der Waals surface area contributed by atoms with Gasteiger partial charge in [0.2, 0.25) is 5.91 Å². The fourth-order valence-corrected chi connectivity index (χ4v) is 2.72. The van der Waals surface area contributed by atoms with Crippen molar-refractivity contribution in [1.82, 2.24) is 4.90 Å². The van der Waals surface area contributed by atoms with E-state index in [2.05, 4.69) is 0 Å². The molecule has 4 nitrogen and oxygen atoms in total. The number of carbonyl (C=O) groups excluding carboxylic acids is 1. The maximum absolute atomic E-state index is 12.2. The summed E-state index contributed by atoms with van der Waals surface area (Å²) >= 11 is 5.99. The Morgan fingerprint density at radius 1 is 1.50 bits per heavy atom. The molecule has 0 spiro atoms. The van der Waals surface area contributed by atoms with Gasteiger partial charge in [-0.05, 0) is 31.9 Å². The molecule has 0 bridgehead atoms. The molecular weight excluding hydrogens is 276 g/mol. The Hall–Kier alpha value is -1.26. The van der Waals surface area contributed by atoms with Gasteiger partial charge in [-0.15, -0.1) is 0 Å². The van der Waals surface area contributed by atoms with Gasteiger partial charge in [0.1, 0.15) is 5.75 Å². The van der Waals surface area contributed by atoms with Crippen LogP contribution in [0.25, 0.3) is 0 Å². The standard InChI is InChI=1S/C15H21ClN2O2/c1-11-10-12(17)6-8-18(11)15(19)7-9-20-14-5-3-2-4-13(14)16/h2-5,11-12H,6-10,17H2,1H3/t11-,12-/m0/s1. The number of piperidine rings is 1. The molecule has 0 saturated carbocycles. The highest BCUT2D eigenvalue weighted by Crippen LogP contribution is 2.23. The summed E-state index contributed by atoms with van der Waals surface area (Å²) in [5, 5.41) is 0.567. The Balaban J connectivity index is 1.79. The van der Waals surface area contributed by atoms with Crippen molar-refractivity contribution in [1.29, 1.82) is 0 Å². The van der Waals surface area contributed by atoms with Crippen LogP contribution in [0.15, 0.2) is 24.3 Å². The lowest BCUT2D eigenvalue weighted by Gasteiger charge is -2.36. The number of benzene rings is 1. The normalized spacial score (nSPS) is 22.6. The second-order valence-corrected chi connectivity index (χ2v) is 5.66. The van der Waals surface area contributed by atoms with Crippen LogP contribution < -0.4 is 10.5 Å². The fraction of sp³-hybridized carbons (Fsp3) is 0.533. The van der Waals surface area contributed by atoms with Crippen LogP contribution in [0.3, 0.4) is 0 Å². The Morgan fingerprint density at radius 3 is 2.95 bits per heavy atom. The quantitative estimate of drug-likeness (QED) is 0.928. The van der Waals surface area contributed by atoms with Crippen molar-refractivity contribution in [2.75, 3.05) is 13.2 Å². The number of carbonyl (C=O) groups is 1. The number of hydrogen-bond acceptors (Lipinski definition) is 3. The largest absolute Gasteiger partial charge is 0.491 e. The average Bonchev–Trinajstić information content (AvgIpc) is 2.40. The van der Waals surface area contributed by atoms with Crippen LogP contribution in [0, 0.1) is 0 Å². The molecule has 1 aliphatic heterocycles. The van der Waals surface area contributed by atoms with Crippen LogP contribution in [0.2, 0.25) is 5.02 Å². The van der Waals surface area contributed by atoms with Crippen LogP contribution in [0.5, 0.6) is 5.75 Å². The van der Waals surface area contributed by atoms with E-state index in [1.54, 1.807) is 12.1 Å². The van der Waals surface area contributed by atoms with Crippen LogP contribution in [-0.2, 0) is 4.79 Å². The second kappa shape index (κ2) is 6.95. The van der Waals surface area contributed by atoms with Crippen molar-refractivity contribution in [3.05, 3.63) is 29.3 Å². The van der Waals surface area contributed by atoms with Crippen molar-refractivity contribution in [3.63, 3.8) is 0 Å². The number of halogens is 1. The summed E-state index contributed by atoms with van der Waals surface area (Å²) in [7, 11) is 0. The Morgan fingerprint density at radius 2 is 2.25 bits per heavy atom. The summed E-state index contributed by atoms with van der Waals surface area (Å²) in [5.41, 5.74) is 5.90. The van der Waals surface area contributed by atoms with Crippen LogP contribution in [0.1, 0.15) is 26.2 Å². The number of likely N-dealkylation sites (tertiary alicyclic amines) is 1. The van der Waals surface area contributed by atoms with Gasteiger partial charge >= 0.3 is 0 Å². The summed E-state index contributed by atoms with van der Waals surface area (Å²) in [4.78, 5) is 14.1. The lowest BCUT2D eigenvalue weighted by Crippen LogP contribution is -2.48. The van der Waals surface area contributed by atoms with E-state index in [-0.39, 0.29) is 18.0 Å². The predicted octanol–water partition coefficient (Wildman–Crippen LogP) is 2.45. The third-order valence-corrected chi connectivity index (χ3v) is 3.96. The minimum Gasteiger partial charge on any atom is -0.491 e. The Bertz CT molecular complexity index is 467. The molecule has 5 heteroatoms. The number of hydrogen-bond donors (Lipinski definition) is 1. The average molecular weight is 297 g/mol. The number of nitrogens with zero attached hydrogens (tertiary/aromatic N) is 1. The van der Waals surface area contributed by atoms with Crippen molar-refractivity contribution < 1.29 is 9.53 Å². The maximum Gasteiger partial charge on any atom is 0.226 e. The first-order valence-corrected chi connectivity index (χ1v) is 7.38. The highest BCUT2D eigenvalue weighted by atomic mass is 35.5. The second-order valence-electron chi connectivity index (χ2n) is 5.25. The molecule has 1 aliphatic rings. The molecule has 0 radical (unpaired) electrons. The Labute approximate surface area is 124 Å². The van der Waals surface area contributed by atoms with Crippen LogP contribution in [0.4, 0.5) is 0 Å². The molecule has 2 atom stereocenters. The van der Waals surface area contributed by atoms with Crippen LogP contribution in [-0.4, -0.2) is 36.0 Å². The molecule has 0 unspecified atom stereocenters. The molecule has 2 rings (SSSR count). The smallest absolute Gasteiger partial charge is 0.226 e. The molecule has 1 fully saturated rings. The van der Waals surface area contributed by atoms with E-state index in [4.69, 9.17) is 22.1 Å². The fourth-order valence-electron chi connectivity index (χ4n) is 2.53. The number of nitrogens with two attached hydrogens (primary N) is 1. The first kappa shape index (κ1) is 15.1. The van der Waals surface area contributed by atoms with Crippen molar-refractivity contribution >= 4 is 17.5 Å². The maximum atomic E-state index is 12.2. The van der Waals surface area contributed by atoms with Gasteiger partial charge in [0.25, 0.3) is 0 Å². The van der Waals surface area contributed by atoms with Gasteiger partial charge < -0.3 is 15.4 Å². The van der Waals surface area contributed by atoms with Gasteiger partial charge in [0, 0.05) is 18.6 Å². The molecule has 0 aliphatic carbocycles. The van der Waals surface area contributed by atoms with E-state index in [0.29, 0.717) is 23.8 Å². The van der Waals surface area contributed by atoms with E-state index < -0.39 is 0 Å². The molecule has 1 aromatic carbocycles. The molecule has 1 aromatic rings. The molecule has 2 N–H and O–H groups in total. The summed E-state index contributed by atoms with van der Waals surface area (Å²) in [6.07, 6.45) is 2.11. The number of para-hydroxylation sites is 1. The van der Waals surface area contributed by atoms with Crippen molar-refractivity contribution in [2.24, 2.45) is 5.73 Å². The molecule has 0 aromatic heterocycles.